The minimum atomic E-state index is -0.310. The minimum Gasteiger partial charge on any atom is -0.496 e. The first-order valence-electron chi connectivity index (χ1n) is 7.30. The summed E-state index contributed by atoms with van der Waals surface area (Å²) in [5, 5.41) is 3.05. The van der Waals surface area contributed by atoms with Gasteiger partial charge in [0.1, 0.15) is 12.0 Å². The highest BCUT2D eigenvalue weighted by atomic mass is 16.5. The lowest BCUT2D eigenvalue weighted by Crippen LogP contribution is -2.29. The van der Waals surface area contributed by atoms with Gasteiger partial charge in [0.05, 0.1) is 25.0 Å². The van der Waals surface area contributed by atoms with Crippen LogP contribution in [0, 0.1) is 0 Å². The van der Waals surface area contributed by atoms with E-state index < -0.39 is 0 Å². The van der Waals surface area contributed by atoms with Crippen LogP contribution < -0.4 is 10.1 Å². The first kappa shape index (κ1) is 14.9. The van der Waals surface area contributed by atoms with Crippen molar-refractivity contribution in [3.63, 3.8) is 0 Å². The normalized spacial score (nSPS) is 11.7. The van der Waals surface area contributed by atoms with Crippen molar-refractivity contribution < 1.29 is 13.9 Å². The molecule has 0 saturated heterocycles. The van der Waals surface area contributed by atoms with E-state index in [1.807, 2.05) is 54.6 Å². The van der Waals surface area contributed by atoms with Crippen molar-refractivity contribution in [3.8, 4) is 5.75 Å². The number of methoxy groups -OCH3 is 1. The van der Waals surface area contributed by atoms with Crippen LogP contribution in [-0.2, 0) is 0 Å². The second-order valence-electron chi connectivity index (χ2n) is 5.07. The fourth-order valence-electron chi connectivity index (χ4n) is 2.50. The van der Waals surface area contributed by atoms with Crippen LogP contribution in [0.15, 0.2) is 77.6 Å². The Hall–Kier alpha value is -3.01. The molecule has 1 heterocycles. The lowest BCUT2D eigenvalue weighted by Gasteiger charge is -2.21. The van der Waals surface area contributed by atoms with Crippen LogP contribution in [-0.4, -0.2) is 13.0 Å². The average molecular weight is 307 g/mol. The molecule has 0 aliphatic rings. The molecule has 3 rings (SSSR count). The number of furan rings is 1. The van der Waals surface area contributed by atoms with Crippen molar-refractivity contribution in [3.05, 3.63) is 89.9 Å². The first-order chi connectivity index (χ1) is 11.3. The summed E-state index contributed by atoms with van der Waals surface area (Å²) in [6, 6.07) is 18.8. The van der Waals surface area contributed by atoms with Gasteiger partial charge < -0.3 is 14.5 Å². The van der Waals surface area contributed by atoms with Gasteiger partial charge >= 0.3 is 0 Å². The molecule has 2 aromatic carbocycles. The zero-order valence-electron chi connectivity index (χ0n) is 12.7. The molecule has 1 atom stereocenters. The fraction of sp³-hybridized carbons (Fsp3) is 0.105. The number of rotatable bonds is 5. The van der Waals surface area contributed by atoms with Gasteiger partial charge in [-0.15, -0.1) is 0 Å². The molecule has 0 aliphatic carbocycles. The number of para-hydroxylation sites is 1. The van der Waals surface area contributed by atoms with Gasteiger partial charge in [-0.1, -0.05) is 48.5 Å². The van der Waals surface area contributed by atoms with E-state index in [9.17, 15) is 4.79 Å². The molecule has 0 saturated carbocycles. The maximum Gasteiger partial charge on any atom is 0.255 e. The van der Waals surface area contributed by atoms with E-state index in [2.05, 4.69) is 5.32 Å². The average Bonchev–Trinajstić information content (AvgIpc) is 3.15. The summed E-state index contributed by atoms with van der Waals surface area (Å²) in [5.41, 5.74) is 2.37. The third-order valence-corrected chi connectivity index (χ3v) is 3.64. The first-order valence-corrected chi connectivity index (χ1v) is 7.30. The molecule has 1 N–H and O–H groups in total. The number of carbonyl (C=O) groups is 1. The molecule has 1 unspecified atom stereocenters. The predicted octanol–water partition coefficient (Wildman–Crippen LogP) is 3.81. The molecule has 116 valence electrons. The van der Waals surface area contributed by atoms with E-state index in [-0.39, 0.29) is 11.9 Å². The van der Waals surface area contributed by atoms with Crippen molar-refractivity contribution in [2.75, 3.05) is 7.11 Å². The van der Waals surface area contributed by atoms with E-state index in [4.69, 9.17) is 9.15 Å². The lowest BCUT2D eigenvalue weighted by molar-refractivity contribution is 0.0942. The lowest BCUT2D eigenvalue weighted by atomic mass is 9.97. The van der Waals surface area contributed by atoms with Crippen molar-refractivity contribution in [2.24, 2.45) is 0 Å². The van der Waals surface area contributed by atoms with Gasteiger partial charge in [-0.25, -0.2) is 0 Å². The number of nitrogens with one attached hydrogen (secondary N) is 1. The third kappa shape index (κ3) is 3.26. The fourth-order valence-corrected chi connectivity index (χ4v) is 2.50. The maximum atomic E-state index is 12.5. The number of amides is 1. The van der Waals surface area contributed by atoms with Gasteiger partial charge in [0.2, 0.25) is 0 Å². The molecule has 23 heavy (non-hydrogen) atoms. The smallest absolute Gasteiger partial charge is 0.255 e. The van der Waals surface area contributed by atoms with Crippen LogP contribution >= 0.6 is 0 Å². The van der Waals surface area contributed by atoms with Gasteiger partial charge in [0, 0.05) is 5.56 Å². The Morgan fingerprint density at radius 3 is 2.48 bits per heavy atom. The topological polar surface area (TPSA) is 51.5 Å². The highest BCUT2D eigenvalue weighted by molar-refractivity contribution is 5.94. The van der Waals surface area contributed by atoms with Gasteiger partial charge in [0.15, 0.2) is 0 Å². The summed E-state index contributed by atoms with van der Waals surface area (Å²) in [7, 11) is 1.62. The number of ether oxygens (including phenoxy) is 1. The number of hydrogen-bond acceptors (Lipinski definition) is 3. The second-order valence-corrected chi connectivity index (χ2v) is 5.07. The van der Waals surface area contributed by atoms with E-state index in [1.54, 1.807) is 13.2 Å². The summed E-state index contributed by atoms with van der Waals surface area (Å²) in [6.07, 6.45) is 2.91. The van der Waals surface area contributed by atoms with E-state index in [0.29, 0.717) is 5.56 Å². The molecule has 0 aliphatic heterocycles. The summed E-state index contributed by atoms with van der Waals surface area (Å²) in [6.45, 7) is 0. The standard InChI is InChI=1S/C19H17NO3/c1-22-17-10-6-5-9-16(17)18(14-7-3-2-4-8-14)20-19(21)15-11-12-23-13-15/h2-13,18H,1H3,(H,20,21). The van der Waals surface area contributed by atoms with Gasteiger partial charge in [0.25, 0.3) is 5.91 Å². The zero-order valence-corrected chi connectivity index (χ0v) is 12.7. The Labute approximate surface area is 134 Å². The number of hydrogen-bond donors (Lipinski definition) is 1. The molecule has 4 heteroatoms. The van der Waals surface area contributed by atoms with E-state index >= 15 is 0 Å². The Balaban J connectivity index is 1.99. The molecular weight excluding hydrogens is 290 g/mol. The molecule has 0 fully saturated rings. The van der Waals surface area contributed by atoms with E-state index in [1.165, 1.54) is 12.5 Å². The maximum absolute atomic E-state index is 12.5. The largest absolute Gasteiger partial charge is 0.496 e. The minimum absolute atomic E-state index is 0.196. The highest BCUT2D eigenvalue weighted by Crippen LogP contribution is 2.30. The quantitative estimate of drug-likeness (QED) is 0.780. The summed E-state index contributed by atoms with van der Waals surface area (Å²) >= 11 is 0. The van der Waals surface area contributed by atoms with Crippen LogP contribution in [0.25, 0.3) is 0 Å². The SMILES string of the molecule is COc1ccccc1C(NC(=O)c1ccoc1)c1ccccc1. The molecule has 0 bridgehead atoms. The highest BCUT2D eigenvalue weighted by Gasteiger charge is 2.21. The predicted molar refractivity (Wildman–Crippen MR) is 87.5 cm³/mol. The van der Waals surface area contributed by atoms with Crippen molar-refractivity contribution in [1.82, 2.24) is 5.32 Å². The monoisotopic (exact) mass is 307 g/mol. The molecule has 0 radical (unpaired) electrons. The van der Waals surface area contributed by atoms with Gasteiger partial charge in [-0.05, 0) is 17.7 Å². The second kappa shape index (κ2) is 6.83. The molecule has 4 nitrogen and oxygen atoms in total. The van der Waals surface area contributed by atoms with E-state index in [0.717, 1.165) is 16.9 Å². The number of benzene rings is 2. The number of carbonyl (C=O) groups excluding carboxylic acids is 1. The Bertz CT molecular complexity index is 766. The van der Waals surface area contributed by atoms with Crippen LogP contribution in [0.1, 0.15) is 27.5 Å². The van der Waals surface area contributed by atoms with Gasteiger partial charge in [-0.2, -0.15) is 0 Å². The molecule has 1 amide bonds. The summed E-state index contributed by atoms with van der Waals surface area (Å²) in [4.78, 5) is 12.5. The van der Waals surface area contributed by atoms with Crippen LogP contribution in [0.2, 0.25) is 0 Å². The zero-order chi connectivity index (χ0) is 16.1. The molecule has 0 spiro atoms. The van der Waals surface area contributed by atoms with Gasteiger partial charge in [-0.3, -0.25) is 4.79 Å². The Morgan fingerprint density at radius 2 is 1.78 bits per heavy atom. The van der Waals surface area contributed by atoms with Crippen LogP contribution in [0.4, 0.5) is 0 Å². The molecular formula is C19H17NO3. The van der Waals surface area contributed by atoms with Crippen molar-refractivity contribution >= 4 is 5.91 Å². The van der Waals surface area contributed by atoms with Crippen LogP contribution in [0.3, 0.4) is 0 Å². The third-order valence-electron chi connectivity index (χ3n) is 3.64. The Morgan fingerprint density at radius 1 is 1.04 bits per heavy atom. The van der Waals surface area contributed by atoms with Crippen molar-refractivity contribution in [2.45, 2.75) is 6.04 Å². The summed E-state index contributed by atoms with van der Waals surface area (Å²) in [5.74, 6) is 0.535. The molecule has 1 aromatic heterocycles. The molecule has 3 aromatic rings. The Kier molecular flexibility index (Phi) is 4.43. The van der Waals surface area contributed by atoms with Crippen LogP contribution in [0.5, 0.6) is 5.75 Å². The van der Waals surface area contributed by atoms with Crippen molar-refractivity contribution in [1.29, 1.82) is 0 Å². The summed E-state index contributed by atoms with van der Waals surface area (Å²) < 4.78 is 10.4.